The Morgan fingerprint density at radius 3 is 2.13 bits per heavy atom. The molecule has 1 unspecified atom stereocenters. The van der Waals surface area contributed by atoms with E-state index in [-0.39, 0.29) is 11.7 Å². The molecule has 0 N–H and O–H groups in total. The van der Waals surface area contributed by atoms with Crippen molar-refractivity contribution in [1.82, 2.24) is 0 Å². The van der Waals surface area contributed by atoms with Gasteiger partial charge in [-0.25, -0.2) is 4.39 Å². The van der Waals surface area contributed by atoms with Crippen molar-refractivity contribution in [2.24, 2.45) is 0 Å². The highest BCUT2D eigenvalue weighted by Crippen LogP contribution is 2.32. The lowest BCUT2D eigenvalue weighted by Gasteiger charge is -2.20. The number of rotatable bonds is 6. The smallest absolute Gasteiger partial charge is 0.127 e. The first-order chi connectivity index (χ1) is 15.0. The highest BCUT2D eigenvalue weighted by Gasteiger charge is 2.16. The molecule has 0 aromatic heterocycles. The molecule has 166 valence electrons. The number of allylic oxidation sites excluding steroid dienone is 2. The zero-order chi connectivity index (χ0) is 23.1. The number of aryl methyl sites for hydroxylation is 1. The van der Waals surface area contributed by atoms with Gasteiger partial charge in [0.2, 0.25) is 0 Å². The molecule has 0 radical (unpaired) electrons. The van der Waals surface area contributed by atoms with Gasteiger partial charge in [-0.05, 0) is 68.0 Å². The molecule has 3 aromatic rings. The van der Waals surface area contributed by atoms with Crippen LogP contribution in [0.5, 0.6) is 0 Å². The first kappa shape index (κ1) is 26.3. The molecule has 0 fully saturated rings. The van der Waals surface area contributed by atoms with E-state index in [2.05, 4.69) is 76.2 Å². The van der Waals surface area contributed by atoms with Crippen LogP contribution in [0.4, 0.5) is 4.39 Å². The maximum atomic E-state index is 13.8. The zero-order valence-electron chi connectivity index (χ0n) is 19.7. The van der Waals surface area contributed by atoms with E-state index in [1.807, 2.05) is 12.1 Å². The zero-order valence-corrected chi connectivity index (χ0v) is 19.7. The van der Waals surface area contributed by atoms with Crippen molar-refractivity contribution < 1.29 is 9.18 Å². The minimum Gasteiger partial charge on any atom is -0.304 e. The Kier molecular flexibility index (Phi) is 12.8. The highest BCUT2D eigenvalue weighted by molar-refractivity contribution is 5.85. The maximum absolute atomic E-state index is 13.8. The van der Waals surface area contributed by atoms with E-state index < -0.39 is 0 Å². The van der Waals surface area contributed by atoms with Gasteiger partial charge in [0.1, 0.15) is 12.1 Å². The normalized spacial score (nSPS) is 11.6. The van der Waals surface area contributed by atoms with Crippen LogP contribution in [0.1, 0.15) is 70.4 Å². The maximum Gasteiger partial charge on any atom is 0.127 e. The van der Waals surface area contributed by atoms with Gasteiger partial charge in [-0.15, -0.1) is 0 Å². The van der Waals surface area contributed by atoms with Crippen molar-refractivity contribution in [3.05, 3.63) is 95.3 Å². The SMILES string of the molecule is C/C=C(/CCCC)C(CC)c1ccccc1F.CC=O.Cc1cccc2ccccc12. The first-order valence-corrected chi connectivity index (χ1v) is 11.3. The summed E-state index contributed by atoms with van der Waals surface area (Å²) in [4.78, 5) is 8.81. The van der Waals surface area contributed by atoms with E-state index >= 15 is 0 Å². The molecule has 31 heavy (non-hydrogen) atoms. The Labute approximate surface area is 188 Å². The van der Waals surface area contributed by atoms with Gasteiger partial charge in [0.25, 0.3) is 0 Å². The van der Waals surface area contributed by atoms with Gasteiger partial charge >= 0.3 is 0 Å². The van der Waals surface area contributed by atoms with Crippen LogP contribution >= 0.6 is 0 Å². The van der Waals surface area contributed by atoms with Gasteiger partial charge in [-0.2, -0.15) is 0 Å². The molecule has 0 aliphatic rings. The molecule has 1 nitrogen and oxygen atoms in total. The van der Waals surface area contributed by atoms with Crippen molar-refractivity contribution in [3.63, 3.8) is 0 Å². The van der Waals surface area contributed by atoms with Crippen molar-refractivity contribution >= 4 is 17.1 Å². The molecule has 0 aliphatic heterocycles. The van der Waals surface area contributed by atoms with E-state index in [0.29, 0.717) is 0 Å². The number of aldehydes is 1. The number of fused-ring (bicyclic) bond motifs is 1. The number of carbonyl (C=O) groups excluding carboxylic acids is 1. The molecule has 0 aliphatic carbocycles. The van der Waals surface area contributed by atoms with Crippen molar-refractivity contribution in [3.8, 4) is 0 Å². The number of carbonyl (C=O) groups is 1. The lowest BCUT2D eigenvalue weighted by Crippen LogP contribution is -2.04. The van der Waals surface area contributed by atoms with Crippen molar-refractivity contribution in [2.45, 2.75) is 66.2 Å². The summed E-state index contributed by atoms with van der Waals surface area (Å²) in [7, 11) is 0. The third-order valence-electron chi connectivity index (χ3n) is 5.33. The topological polar surface area (TPSA) is 17.1 Å². The van der Waals surface area contributed by atoms with Crippen LogP contribution in [0.2, 0.25) is 0 Å². The average Bonchev–Trinajstić information content (AvgIpc) is 2.79. The Bertz CT molecular complexity index is 937. The second-order valence-electron chi connectivity index (χ2n) is 7.48. The fourth-order valence-electron chi connectivity index (χ4n) is 3.73. The molecule has 2 heteroatoms. The van der Waals surface area contributed by atoms with Gasteiger partial charge < -0.3 is 4.79 Å². The number of halogens is 1. The fraction of sp³-hybridized carbons (Fsp3) is 0.345. The molecule has 0 saturated carbocycles. The van der Waals surface area contributed by atoms with Crippen molar-refractivity contribution in [1.29, 1.82) is 0 Å². The Balaban J connectivity index is 0.000000292. The van der Waals surface area contributed by atoms with Crippen LogP contribution in [0.25, 0.3) is 10.8 Å². The summed E-state index contributed by atoms with van der Waals surface area (Å²) in [6, 6.07) is 22.0. The molecule has 0 heterocycles. The van der Waals surface area contributed by atoms with E-state index in [0.717, 1.165) is 24.7 Å². The van der Waals surface area contributed by atoms with Gasteiger partial charge in [0.05, 0.1) is 0 Å². The standard InChI is InChI=1S/C16H23F.C11H10.C2H4O/c1-4-7-10-13(5-2)14(6-3)15-11-8-9-12-16(15)17;1-9-5-4-7-10-6-2-3-8-11(9)10;1-2-3/h5,8-9,11-12,14H,4,6-7,10H2,1-3H3;2-8H,1H3;2H,1H3/b13-5-;;. The molecule has 3 rings (SSSR count). The van der Waals surface area contributed by atoms with E-state index in [1.165, 1.54) is 41.7 Å². The predicted octanol–water partition coefficient (Wildman–Crippen LogP) is 8.81. The summed E-state index contributed by atoms with van der Waals surface area (Å²) < 4.78 is 13.8. The summed E-state index contributed by atoms with van der Waals surface area (Å²) in [6.07, 6.45) is 7.33. The molecule has 1 atom stereocenters. The first-order valence-electron chi connectivity index (χ1n) is 11.3. The second kappa shape index (κ2) is 15.1. The summed E-state index contributed by atoms with van der Waals surface area (Å²) >= 11 is 0. The fourth-order valence-corrected chi connectivity index (χ4v) is 3.73. The van der Waals surface area contributed by atoms with Gasteiger partial charge in [0.15, 0.2) is 0 Å². The van der Waals surface area contributed by atoms with Crippen LogP contribution in [0.15, 0.2) is 78.4 Å². The Morgan fingerprint density at radius 2 is 1.55 bits per heavy atom. The molecule has 3 aromatic carbocycles. The third-order valence-corrected chi connectivity index (χ3v) is 5.33. The average molecular weight is 421 g/mol. The highest BCUT2D eigenvalue weighted by atomic mass is 19.1. The Hall–Kier alpha value is -2.74. The predicted molar refractivity (Wildman–Crippen MR) is 133 cm³/mol. The van der Waals surface area contributed by atoms with Crippen LogP contribution in [-0.4, -0.2) is 6.29 Å². The summed E-state index contributed by atoms with van der Waals surface area (Å²) in [6.45, 7) is 9.97. The van der Waals surface area contributed by atoms with Crippen molar-refractivity contribution in [2.75, 3.05) is 0 Å². The molecule has 0 bridgehead atoms. The van der Waals surface area contributed by atoms with Crippen LogP contribution in [0, 0.1) is 12.7 Å². The molecular formula is C29H37FO. The molecule has 0 spiro atoms. The lowest BCUT2D eigenvalue weighted by molar-refractivity contribution is -0.106. The number of benzene rings is 3. The van der Waals surface area contributed by atoms with Crippen LogP contribution in [-0.2, 0) is 4.79 Å². The lowest BCUT2D eigenvalue weighted by atomic mass is 9.85. The molecule has 0 saturated heterocycles. The van der Waals surface area contributed by atoms with Crippen LogP contribution < -0.4 is 0 Å². The van der Waals surface area contributed by atoms with Gasteiger partial charge in [0, 0.05) is 5.92 Å². The van der Waals surface area contributed by atoms with Gasteiger partial charge in [-0.1, -0.05) is 92.6 Å². The van der Waals surface area contributed by atoms with E-state index in [4.69, 9.17) is 4.79 Å². The monoisotopic (exact) mass is 420 g/mol. The van der Waals surface area contributed by atoms with Gasteiger partial charge in [-0.3, -0.25) is 0 Å². The minimum atomic E-state index is -0.0739. The largest absolute Gasteiger partial charge is 0.304 e. The number of hydrogen-bond acceptors (Lipinski definition) is 1. The number of hydrogen-bond donors (Lipinski definition) is 0. The second-order valence-corrected chi connectivity index (χ2v) is 7.48. The molecular weight excluding hydrogens is 383 g/mol. The third kappa shape index (κ3) is 8.49. The Morgan fingerprint density at radius 1 is 0.935 bits per heavy atom. The summed E-state index contributed by atoms with van der Waals surface area (Å²) in [5.41, 5.74) is 3.57. The van der Waals surface area contributed by atoms with E-state index in [9.17, 15) is 4.39 Å². The van der Waals surface area contributed by atoms with Crippen LogP contribution in [0.3, 0.4) is 0 Å². The minimum absolute atomic E-state index is 0.0739. The molecule has 0 amide bonds. The van der Waals surface area contributed by atoms with E-state index in [1.54, 1.807) is 12.1 Å². The summed E-state index contributed by atoms with van der Waals surface area (Å²) in [5, 5.41) is 2.68. The summed E-state index contributed by atoms with van der Waals surface area (Å²) in [5.74, 6) is 0.169. The number of unbranched alkanes of at least 4 members (excludes halogenated alkanes) is 1. The quantitative estimate of drug-likeness (QED) is 0.287.